The Balaban J connectivity index is 1.39. The summed E-state index contributed by atoms with van der Waals surface area (Å²) in [6.07, 6.45) is 3.32. The predicted octanol–water partition coefficient (Wildman–Crippen LogP) is 4.92. The zero-order valence-electron chi connectivity index (χ0n) is 22.3. The van der Waals surface area contributed by atoms with Gasteiger partial charge in [0.15, 0.2) is 11.6 Å². The van der Waals surface area contributed by atoms with E-state index in [1.807, 2.05) is 30.3 Å². The number of fused-ring (bicyclic) bond motifs is 4. The van der Waals surface area contributed by atoms with Gasteiger partial charge in [-0.2, -0.15) is 0 Å². The number of imide groups is 1. The Hall–Kier alpha value is -4.83. The van der Waals surface area contributed by atoms with Crippen LogP contribution in [0.2, 0.25) is 0 Å². The second-order valence-electron chi connectivity index (χ2n) is 11.1. The van der Waals surface area contributed by atoms with Crippen molar-refractivity contribution in [3.8, 4) is 11.5 Å². The van der Waals surface area contributed by atoms with Crippen LogP contribution in [0, 0.1) is 17.8 Å². The topological polar surface area (TPSA) is 149 Å². The number of carbonyl (C=O) groups is 5. The van der Waals surface area contributed by atoms with Crippen LogP contribution in [0.25, 0.3) is 10.8 Å². The minimum atomic E-state index is -1.36. The van der Waals surface area contributed by atoms with Gasteiger partial charge in [0.1, 0.15) is 17.1 Å². The van der Waals surface area contributed by atoms with Crippen LogP contribution in [0.3, 0.4) is 0 Å². The van der Waals surface area contributed by atoms with Crippen LogP contribution in [0.15, 0.2) is 88.0 Å². The molecule has 0 radical (unpaired) electrons. The largest absolute Gasteiger partial charge is 0.508 e. The van der Waals surface area contributed by atoms with Gasteiger partial charge in [0.25, 0.3) is 0 Å². The molecule has 0 aromatic heterocycles. The van der Waals surface area contributed by atoms with Gasteiger partial charge in [-0.1, -0.05) is 42.0 Å². The van der Waals surface area contributed by atoms with Crippen molar-refractivity contribution >= 4 is 61.7 Å². The molecule has 214 valence electrons. The number of nitrogens with zero attached hydrogens (tertiary/aromatic N) is 1. The van der Waals surface area contributed by atoms with Crippen molar-refractivity contribution in [3.63, 3.8) is 0 Å². The van der Waals surface area contributed by atoms with E-state index >= 15 is 0 Å². The second-order valence-corrected chi connectivity index (χ2v) is 12.0. The van der Waals surface area contributed by atoms with Crippen molar-refractivity contribution < 1.29 is 39.3 Å². The fourth-order valence-electron chi connectivity index (χ4n) is 7.22. The molecule has 1 aliphatic heterocycles. The SMILES string of the molecule is O=C1C=C(Br)C(=O)C2=C1C(c1c(O)ccc3ccccc13)C1=CCC3C(=O)N(c4ccc(C(=O)O)c(O)c4)C(=O)C3C1C2. The smallest absolute Gasteiger partial charge is 0.339 e. The summed E-state index contributed by atoms with van der Waals surface area (Å²) in [5, 5.41) is 32.3. The number of rotatable bonds is 3. The first-order valence-corrected chi connectivity index (χ1v) is 14.4. The zero-order valence-corrected chi connectivity index (χ0v) is 23.9. The summed E-state index contributed by atoms with van der Waals surface area (Å²) in [6.45, 7) is 0. The number of amides is 2. The van der Waals surface area contributed by atoms with E-state index in [1.165, 1.54) is 12.1 Å². The quantitative estimate of drug-likeness (QED) is 0.208. The molecule has 43 heavy (non-hydrogen) atoms. The zero-order chi connectivity index (χ0) is 30.3. The molecule has 1 fully saturated rings. The van der Waals surface area contributed by atoms with E-state index in [0.717, 1.165) is 22.4 Å². The van der Waals surface area contributed by atoms with Crippen molar-refractivity contribution in [3.05, 3.63) is 99.1 Å². The number of carboxylic acids is 1. The molecule has 3 aliphatic carbocycles. The van der Waals surface area contributed by atoms with Crippen LogP contribution in [0.1, 0.15) is 34.7 Å². The number of phenolic OH excluding ortho intramolecular Hbond substituents is 1. The van der Waals surface area contributed by atoms with Crippen molar-refractivity contribution in [2.75, 3.05) is 4.90 Å². The molecular formula is C33H22BrNO8. The Bertz CT molecular complexity index is 1950. The predicted molar refractivity (Wildman–Crippen MR) is 158 cm³/mol. The Morgan fingerprint density at radius 3 is 2.42 bits per heavy atom. The number of anilines is 1. The van der Waals surface area contributed by atoms with E-state index in [-0.39, 0.29) is 57.0 Å². The van der Waals surface area contributed by atoms with Gasteiger partial charge < -0.3 is 15.3 Å². The Labute approximate surface area is 252 Å². The third-order valence-electron chi connectivity index (χ3n) is 9.04. The first-order valence-electron chi connectivity index (χ1n) is 13.6. The monoisotopic (exact) mass is 639 g/mol. The molecule has 4 atom stereocenters. The lowest BCUT2D eigenvalue weighted by molar-refractivity contribution is -0.123. The average Bonchev–Trinajstić information content (AvgIpc) is 3.24. The van der Waals surface area contributed by atoms with Crippen LogP contribution in [-0.2, 0) is 19.2 Å². The number of phenols is 2. The van der Waals surface area contributed by atoms with Crippen molar-refractivity contribution in [2.24, 2.45) is 17.8 Å². The number of hydrogen-bond donors (Lipinski definition) is 3. The number of allylic oxidation sites excluding steroid dienone is 6. The molecule has 3 aromatic rings. The van der Waals surface area contributed by atoms with Crippen LogP contribution >= 0.6 is 15.9 Å². The van der Waals surface area contributed by atoms with E-state index in [0.29, 0.717) is 16.5 Å². The molecular weight excluding hydrogens is 618 g/mol. The first-order chi connectivity index (χ1) is 20.6. The summed E-state index contributed by atoms with van der Waals surface area (Å²) in [5.41, 5.74) is 1.31. The molecule has 1 saturated heterocycles. The number of aromatic hydroxyl groups is 2. The maximum atomic E-state index is 14.1. The fourth-order valence-corrected chi connectivity index (χ4v) is 7.67. The normalized spacial score (nSPS) is 24.9. The third-order valence-corrected chi connectivity index (χ3v) is 9.63. The van der Waals surface area contributed by atoms with E-state index in [9.17, 15) is 39.3 Å². The molecule has 2 amide bonds. The van der Waals surface area contributed by atoms with Gasteiger partial charge in [0.05, 0.1) is 22.0 Å². The number of Topliss-reactive ketones (excluding diaryl/α,β-unsaturated/α-hetero) is 1. The Morgan fingerprint density at radius 1 is 0.907 bits per heavy atom. The van der Waals surface area contributed by atoms with Gasteiger partial charge in [-0.3, -0.25) is 19.2 Å². The fraction of sp³-hybridized carbons (Fsp3) is 0.182. The highest BCUT2D eigenvalue weighted by molar-refractivity contribution is 9.12. The molecule has 3 aromatic carbocycles. The van der Waals surface area contributed by atoms with E-state index < -0.39 is 47.2 Å². The summed E-state index contributed by atoms with van der Waals surface area (Å²) >= 11 is 3.21. The number of aromatic carboxylic acids is 1. The van der Waals surface area contributed by atoms with Crippen molar-refractivity contribution in [1.82, 2.24) is 0 Å². The standard InChI is InChI=1S/C33H22BrNO8/c34-22-13-25(38)28-21(30(22)39)12-20-17(29(28)27-16-4-2-1-3-14(16)5-10-23(27)36)8-9-19-26(20)32(41)35(31(19)40)15-6-7-18(33(42)43)24(37)11-15/h1-8,10-11,13,19-20,26,29,36-37H,9,12H2,(H,42,43). The minimum absolute atomic E-state index is 0.0435. The highest BCUT2D eigenvalue weighted by atomic mass is 79.9. The van der Waals surface area contributed by atoms with Crippen LogP contribution in [0.4, 0.5) is 5.69 Å². The summed E-state index contributed by atoms with van der Waals surface area (Å²) in [5.74, 6) is -6.89. The number of carboxylic acid groups (broad SMARTS) is 1. The number of carbonyl (C=O) groups excluding carboxylic acids is 4. The highest BCUT2D eigenvalue weighted by Crippen LogP contribution is 2.57. The molecule has 0 bridgehead atoms. The van der Waals surface area contributed by atoms with E-state index in [4.69, 9.17) is 0 Å². The van der Waals surface area contributed by atoms with Gasteiger partial charge in [-0.25, -0.2) is 9.69 Å². The van der Waals surface area contributed by atoms with Crippen LogP contribution in [-0.4, -0.2) is 44.7 Å². The van der Waals surface area contributed by atoms with Crippen molar-refractivity contribution in [1.29, 1.82) is 0 Å². The number of benzene rings is 3. The van der Waals surface area contributed by atoms with Crippen molar-refractivity contribution in [2.45, 2.75) is 18.8 Å². The third kappa shape index (κ3) is 3.86. The van der Waals surface area contributed by atoms with E-state index in [2.05, 4.69) is 15.9 Å². The lowest BCUT2D eigenvalue weighted by Crippen LogP contribution is -2.39. The molecule has 7 rings (SSSR count). The van der Waals surface area contributed by atoms with Gasteiger partial charge in [0, 0.05) is 34.8 Å². The summed E-state index contributed by atoms with van der Waals surface area (Å²) < 4.78 is 0.0985. The molecule has 4 aliphatic rings. The van der Waals surface area contributed by atoms with E-state index in [1.54, 1.807) is 12.1 Å². The summed E-state index contributed by atoms with van der Waals surface area (Å²) in [7, 11) is 0. The molecule has 0 spiro atoms. The second kappa shape index (κ2) is 9.60. The Morgan fingerprint density at radius 2 is 1.67 bits per heavy atom. The van der Waals surface area contributed by atoms with Gasteiger partial charge in [-0.05, 0) is 63.7 Å². The maximum Gasteiger partial charge on any atom is 0.339 e. The minimum Gasteiger partial charge on any atom is -0.508 e. The van der Waals surface area contributed by atoms with Crippen LogP contribution in [0.5, 0.6) is 11.5 Å². The van der Waals surface area contributed by atoms with Gasteiger partial charge in [0.2, 0.25) is 11.8 Å². The molecule has 10 heteroatoms. The molecule has 0 saturated carbocycles. The average molecular weight is 640 g/mol. The van der Waals surface area contributed by atoms with Gasteiger partial charge in [-0.15, -0.1) is 0 Å². The lowest BCUT2D eigenvalue weighted by Gasteiger charge is -2.42. The molecule has 9 nitrogen and oxygen atoms in total. The Kier molecular flexibility index (Phi) is 6.04. The summed E-state index contributed by atoms with van der Waals surface area (Å²) in [4.78, 5) is 67.2. The highest BCUT2D eigenvalue weighted by Gasteiger charge is 2.57. The number of ketones is 2. The lowest BCUT2D eigenvalue weighted by atomic mass is 9.59. The van der Waals surface area contributed by atoms with Gasteiger partial charge >= 0.3 is 5.97 Å². The molecule has 1 heterocycles. The molecule has 4 unspecified atom stereocenters. The van der Waals surface area contributed by atoms with Crippen LogP contribution < -0.4 is 4.90 Å². The number of hydrogen-bond acceptors (Lipinski definition) is 7. The summed E-state index contributed by atoms with van der Waals surface area (Å²) in [6, 6.07) is 14.2. The maximum absolute atomic E-state index is 14.1. The molecule has 3 N–H and O–H groups in total. The first kappa shape index (κ1) is 27.0. The number of halogens is 1.